The molecule has 12 heteroatoms. The Balaban J connectivity index is 0.000000479. The molecule has 2 aromatic rings. The third kappa shape index (κ3) is 6.70. The molecule has 2 aromatic carbocycles. The van der Waals surface area contributed by atoms with Crippen LogP contribution in [0.4, 0.5) is 18.9 Å². The third-order valence-electron chi connectivity index (χ3n) is 6.44. The van der Waals surface area contributed by atoms with Crippen molar-refractivity contribution in [3.05, 3.63) is 59.7 Å². The van der Waals surface area contributed by atoms with E-state index in [1.165, 1.54) is 0 Å². The van der Waals surface area contributed by atoms with Crippen molar-refractivity contribution in [1.29, 1.82) is 0 Å². The molecule has 0 unspecified atom stereocenters. The number of rotatable bonds is 5. The summed E-state index contributed by atoms with van der Waals surface area (Å²) >= 11 is 0. The first-order chi connectivity index (χ1) is 17.4. The monoisotopic (exact) mass is 522 g/mol. The van der Waals surface area contributed by atoms with Crippen molar-refractivity contribution in [1.82, 2.24) is 15.5 Å². The van der Waals surface area contributed by atoms with Crippen LogP contribution in [0.1, 0.15) is 28.8 Å². The maximum Gasteiger partial charge on any atom is 0.490 e. The van der Waals surface area contributed by atoms with E-state index in [2.05, 4.69) is 20.4 Å². The third-order valence-corrected chi connectivity index (χ3v) is 6.44. The first kappa shape index (κ1) is 27.8. The van der Waals surface area contributed by atoms with E-state index in [-0.39, 0.29) is 17.6 Å². The second-order valence-corrected chi connectivity index (χ2v) is 8.88. The molecule has 0 aromatic heterocycles. The molecular weight excluding hydrogens is 493 g/mol. The van der Waals surface area contributed by atoms with Crippen LogP contribution < -0.4 is 15.5 Å². The quantitative estimate of drug-likeness (QED) is 0.476. The van der Waals surface area contributed by atoms with Crippen LogP contribution in [-0.2, 0) is 9.59 Å². The van der Waals surface area contributed by atoms with Crippen molar-refractivity contribution in [3.63, 3.8) is 0 Å². The molecule has 2 saturated heterocycles. The minimum atomic E-state index is -5.08. The molecule has 2 aliphatic heterocycles. The normalized spacial score (nSPS) is 17.1. The second-order valence-electron chi connectivity index (χ2n) is 8.88. The maximum absolute atomic E-state index is 12.7. The van der Waals surface area contributed by atoms with Crippen LogP contribution in [0.15, 0.2) is 48.5 Å². The Labute approximate surface area is 211 Å². The Hall–Kier alpha value is -3.80. The van der Waals surface area contributed by atoms with E-state index in [4.69, 9.17) is 9.90 Å². The number of nitrogens with zero attached hydrogens (tertiary/aromatic N) is 2. The number of phenolic OH excluding ortho intramolecular Hbond substituents is 1. The molecule has 4 rings (SSSR count). The molecule has 2 aliphatic rings. The lowest BCUT2D eigenvalue weighted by Crippen LogP contribution is -2.57. The zero-order valence-electron chi connectivity index (χ0n) is 20.2. The molecule has 2 fully saturated rings. The molecule has 4 N–H and O–H groups in total. The number of para-hydroxylation sites is 1. The lowest BCUT2D eigenvalue weighted by Gasteiger charge is -2.43. The minimum absolute atomic E-state index is 0.000614. The lowest BCUT2D eigenvalue weighted by atomic mass is 9.85. The van der Waals surface area contributed by atoms with Gasteiger partial charge in [-0.05, 0) is 49.6 Å². The summed E-state index contributed by atoms with van der Waals surface area (Å²) in [6.07, 6.45) is -3.58. The number of hydrogen-bond acceptors (Lipinski definition) is 6. The molecule has 0 atom stereocenters. The summed E-state index contributed by atoms with van der Waals surface area (Å²) in [6.45, 7) is 5.20. The molecule has 0 bridgehead atoms. The fourth-order valence-electron chi connectivity index (χ4n) is 4.44. The summed E-state index contributed by atoms with van der Waals surface area (Å²) in [7, 11) is 0. The van der Waals surface area contributed by atoms with E-state index in [1.54, 1.807) is 12.1 Å². The van der Waals surface area contributed by atoms with E-state index in [9.17, 15) is 27.9 Å². The first-order valence-electron chi connectivity index (χ1n) is 11.7. The van der Waals surface area contributed by atoms with Crippen LogP contribution >= 0.6 is 0 Å². The van der Waals surface area contributed by atoms with Crippen molar-refractivity contribution in [2.45, 2.75) is 31.5 Å². The van der Waals surface area contributed by atoms with Gasteiger partial charge in [0.1, 0.15) is 11.3 Å². The van der Waals surface area contributed by atoms with Gasteiger partial charge in [0, 0.05) is 31.9 Å². The number of phenols is 1. The number of aryl methyl sites for hydroxylation is 1. The van der Waals surface area contributed by atoms with Crippen LogP contribution in [0.5, 0.6) is 5.75 Å². The average molecular weight is 523 g/mol. The van der Waals surface area contributed by atoms with Gasteiger partial charge < -0.3 is 30.6 Å². The summed E-state index contributed by atoms with van der Waals surface area (Å²) in [6, 6.07) is 15.1. The van der Waals surface area contributed by atoms with E-state index < -0.39 is 17.7 Å². The Bertz CT molecular complexity index is 1120. The van der Waals surface area contributed by atoms with Crippen molar-refractivity contribution in [2.24, 2.45) is 0 Å². The number of anilines is 1. The predicted octanol–water partition coefficient (Wildman–Crippen LogP) is 2.49. The number of carbonyl (C=O) groups is 3. The largest absolute Gasteiger partial charge is 0.507 e. The average Bonchev–Trinajstić information content (AvgIpc) is 3.16. The van der Waals surface area contributed by atoms with Crippen LogP contribution in [0.3, 0.4) is 0 Å². The lowest BCUT2D eigenvalue weighted by molar-refractivity contribution is -0.192. The number of piperidine rings is 1. The highest BCUT2D eigenvalue weighted by Crippen LogP contribution is 2.36. The zero-order valence-corrected chi connectivity index (χ0v) is 20.2. The number of aliphatic carboxylic acids is 1. The smallest absolute Gasteiger partial charge is 0.490 e. The van der Waals surface area contributed by atoms with E-state index in [0.717, 1.165) is 37.2 Å². The molecule has 2 amide bonds. The summed E-state index contributed by atoms with van der Waals surface area (Å²) < 4.78 is 31.7. The highest BCUT2D eigenvalue weighted by molar-refractivity contribution is 5.97. The predicted molar refractivity (Wildman–Crippen MR) is 129 cm³/mol. The van der Waals surface area contributed by atoms with Crippen molar-refractivity contribution in [2.75, 3.05) is 37.7 Å². The van der Waals surface area contributed by atoms with Gasteiger partial charge in [0.25, 0.3) is 5.91 Å². The van der Waals surface area contributed by atoms with Crippen LogP contribution in [0.25, 0.3) is 0 Å². The van der Waals surface area contributed by atoms with Crippen molar-refractivity contribution < 1.29 is 37.8 Å². The molecule has 200 valence electrons. The van der Waals surface area contributed by atoms with Gasteiger partial charge in [-0.2, -0.15) is 13.2 Å². The molecule has 0 aliphatic carbocycles. The molecular formula is C25H29F3N4O5. The van der Waals surface area contributed by atoms with E-state index >= 15 is 0 Å². The highest BCUT2D eigenvalue weighted by atomic mass is 19.4. The van der Waals surface area contributed by atoms with Gasteiger partial charge in [-0.25, -0.2) is 4.79 Å². The Kier molecular flexibility index (Phi) is 8.64. The van der Waals surface area contributed by atoms with Crippen molar-refractivity contribution in [3.8, 4) is 5.75 Å². The van der Waals surface area contributed by atoms with Crippen molar-refractivity contribution >= 4 is 23.5 Å². The summed E-state index contributed by atoms with van der Waals surface area (Å²) in [5.41, 5.74) is 1.77. The number of amides is 2. The highest BCUT2D eigenvalue weighted by Gasteiger charge is 2.50. The minimum Gasteiger partial charge on any atom is -0.507 e. The molecule has 9 nitrogen and oxygen atoms in total. The number of carboxylic acids is 1. The first-order valence-corrected chi connectivity index (χ1v) is 11.7. The van der Waals surface area contributed by atoms with Crippen LogP contribution in [0.2, 0.25) is 0 Å². The molecule has 0 radical (unpaired) electrons. The number of aromatic hydroxyl groups is 1. The van der Waals surface area contributed by atoms with E-state index in [1.807, 2.05) is 43.3 Å². The van der Waals surface area contributed by atoms with Gasteiger partial charge in [0.2, 0.25) is 5.91 Å². The van der Waals surface area contributed by atoms with Crippen LogP contribution in [0, 0.1) is 6.92 Å². The maximum atomic E-state index is 12.7. The Morgan fingerprint density at radius 1 is 1.11 bits per heavy atom. The molecule has 0 saturated carbocycles. The number of carbonyl (C=O) groups excluding carboxylic acids is 2. The standard InChI is InChI=1S/C23H28N4O3.C2HF3O2/c1-17-7-8-19(20(28)15-17)21(29)24-11-14-26-12-9-23(10-13-26)22(30)25-16-27(23)18-5-3-2-4-6-18;3-2(4,5)1(6)7/h2-8,15,28H,9-14,16H2,1H3,(H,24,29)(H,25,30);(H,6,7). The summed E-state index contributed by atoms with van der Waals surface area (Å²) in [5.74, 6) is -2.92. The molecule has 37 heavy (non-hydrogen) atoms. The van der Waals surface area contributed by atoms with Gasteiger partial charge in [-0.3, -0.25) is 9.59 Å². The number of alkyl halides is 3. The summed E-state index contributed by atoms with van der Waals surface area (Å²) in [5, 5.41) is 23.0. The van der Waals surface area contributed by atoms with Gasteiger partial charge in [-0.1, -0.05) is 24.3 Å². The molecule has 2 heterocycles. The van der Waals surface area contributed by atoms with Gasteiger partial charge in [-0.15, -0.1) is 0 Å². The number of carboxylic acid groups (broad SMARTS) is 1. The van der Waals surface area contributed by atoms with Gasteiger partial charge >= 0.3 is 12.1 Å². The second kappa shape index (κ2) is 11.5. The SMILES string of the molecule is Cc1ccc(C(=O)NCCN2CCC3(CC2)C(=O)NCN3c2ccccc2)c(O)c1.O=C(O)C(F)(F)F. The van der Waals surface area contributed by atoms with E-state index in [0.29, 0.717) is 25.3 Å². The van der Waals surface area contributed by atoms with Gasteiger partial charge in [0.15, 0.2) is 0 Å². The Morgan fingerprint density at radius 2 is 1.73 bits per heavy atom. The number of halogens is 3. The number of benzene rings is 2. The fraction of sp³-hybridized carbons (Fsp3) is 0.400. The summed E-state index contributed by atoms with van der Waals surface area (Å²) in [4.78, 5) is 38.4. The molecule has 1 spiro atoms. The Morgan fingerprint density at radius 3 is 2.30 bits per heavy atom. The fourth-order valence-corrected chi connectivity index (χ4v) is 4.44. The number of nitrogens with one attached hydrogen (secondary N) is 2. The van der Waals surface area contributed by atoms with Gasteiger partial charge in [0.05, 0.1) is 12.2 Å². The topological polar surface area (TPSA) is 122 Å². The number of hydrogen-bond donors (Lipinski definition) is 4. The van der Waals surface area contributed by atoms with Crippen LogP contribution in [-0.4, -0.2) is 77.5 Å². The number of likely N-dealkylation sites (tertiary alicyclic amines) is 1. The zero-order chi connectivity index (χ0) is 27.2.